The van der Waals surface area contributed by atoms with Crippen LogP contribution in [0.5, 0.6) is 11.6 Å². The molecular weight excluding hydrogens is 295 g/mol. The fourth-order valence-corrected chi connectivity index (χ4v) is 1.56. The number of halogens is 2. The summed E-state index contributed by atoms with van der Waals surface area (Å²) in [6.45, 7) is 0. The summed E-state index contributed by atoms with van der Waals surface area (Å²) >= 11 is 11.6. The van der Waals surface area contributed by atoms with Crippen LogP contribution in [-0.2, 0) is 0 Å². The van der Waals surface area contributed by atoms with Crippen molar-refractivity contribution in [3.63, 3.8) is 0 Å². The lowest BCUT2D eigenvalue weighted by molar-refractivity contribution is -0.385. The highest BCUT2D eigenvalue weighted by Crippen LogP contribution is 2.36. The standard InChI is InChI=1S/C10H6Cl2N4O3/c11-5-1-2-6(16(17)18)7(3-5)19-10-8(12)9(13)14-4-15-10/h1-4H,(H2,13,14,15). The van der Waals surface area contributed by atoms with E-state index in [0.717, 1.165) is 6.33 Å². The van der Waals surface area contributed by atoms with Crippen LogP contribution in [-0.4, -0.2) is 14.9 Å². The highest BCUT2D eigenvalue weighted by molar-refractivity contribution is 6.34. The number of hydrogen-bond donors (Lipinski definition) is 1. The molecule has 0 fully saturated rings. The average Bonchev–Trinajstić information content (AvgIpc) is 2.35. The van der Waals surface area contributed by atoms with E-state index in [1.54, 1.807) is 0 Å². The Morgan fingerprint density at radius 2 is 2.05 bits per heavy atom. The Kier molecular flexibility index (Phi) is 3.68. The van der Waals surface area contributed by atoms with Crippen molar-refractivity contribution in [1.29, 1.82) is 0 Å². The van der Waals surface area contributed by atoms with E-state index < -0.39 is 4.92 Å². The summed E-state index contributed by atoms with van der Waals surface area (Å²) in [6.07, 6.45) is 1.13. The minimum Gasteiger partial charge on any atom is -0.430 e. The van der Waals surface area contributed by atoms with E-state index in [1.807, 2.05) is 0 Å². The van der Waals surface area contributed by atoms with E-state index >= 15 is 0 Å². The first-order valence-electron chi connectivity index (χ1n) is 4.87. The summed E-state index contributed by atoms with van der Waals surface area (Å²) in [5.41, 5.74) is 5.21. The van der Waals surface area contributed by atoms with Gasteiger partial charge in [0.2, 0.25) is 11.6 Å². The van der Waals surface area contributed by atoms with Crippen LogP contribution in [0.25, 0.3) is 0 Å². The maximum Gasteiger partial charge on any atom is 0.311 e. The van der Waals surface area contributed by atoms with Gasteiger partial charge < -0.3 is 10.5 Å². The molecule has 0 bridgehead atoms. The Bertz CT molecular complexity index is 651. The zero-order chi connectivity index (χ0) is 14.0. The molecule has 0 saturated heterocycles. The van der Waals surface area contributed by atoms with Gasteiger partial charge in [-0.1, -0.05) is 23.2 Å². The smallest absolute Gasteiger partial charge is 0.311 e. The molecule has 0 aliphatic rings. The quantitative estimate of drug-likeness (QED) is 0.690. The van der Waals surface area contributed by atoms with Gasteiger partial charge in [-0.25, -0.2) is 4.98 Å². The van der Waals surface area contributed by atoms with Gasteiger partial charge in [0.15, 0.2) is 0 Å². The van der Waals surface area contributed by atoms with Crippen molar-refractivity contribution in [2.45, 2.75) is 0 Å². The van der Waals surface area contributed by atoms with Crippen LogP contribution in [0.4, 0.5) is 11.5 Å². The summed E-state index contributed by atoms with van der Waals surface area (Å²) in [6, 6.07) is 3.88. The van der Waals surface area contributed by atoms with E-state index in [1.165, 1.54) is 18.2 Å². The molecule has 0 aliphatic carbocycles. The monoisotopic (exact) mass is 300 g/mol. The number of anilines is 1. The van der Waals surface area contributed by atoms with Crippen molar-refractivity contribution in [3.8, 4) is 11.6 Å². The van der Waals surface area contributed by atoms with E-state index in [4.69, 9.17) is 33.7 Å². The molecule has 0 spiro atoms. The van der Waals surface area contributed by atoms with Crippen LogP contribution in [0, 0.1) is 10.1 Å². The Labute approximate surface area is 117 Å². The first kappa shape index (κ1) is 13.3. The molecule has 2 aromatic rings. The third-order valence-electron chi connectivity index (χ3n) is 2.11. The fourth-order valence-electron chi connectivity index (χ4n) is 1.26. The first-order chi connectivity index (χ1) is 8.99. The largest absolute Gasteiger partial charge is 0.430 e. The second-order valence-electron chi connectivity index (χ2n) is 3.35. The molecule has 19 heavy (non-hydrogen) atoms. The Balaban J connectivity index is 2.45. The van der Waals surface area contributed by atoms with Crippen molar-refractivity contribution in [2.24, 2.45) is 0 Å². The predicted octanol–water partition coefficient (Wildman–Crippen LogP) is 3.07. The van der Waals surface area contributed by atoms with Crippen molar-refractivity contribution in [1.82, 2.24) is 9.97 Å². The second-order valence-corrected chi connectivity index (χ2v) is 4.16. The molecule has 0 atom stereocenters. The number of benzene rings is 1. The minimum atomic E-state index is -0.607. The number of nitro benzene ring substituents is 1. The number of rotatable bonds is 3. The lowest BCUT2D eigenvalue weighted by Gasteiger charge is -2.07. The number of hydrogen-bond acceptors (Lipinski definition) is 6. The summed E-state index contributed by atoms with van der Waals surface area (Å²) in [4.78, 5) is 17.7. The van der Waals surface area contributed by atoms with Crippen LogP contribution in [0.15, 0.2) is 24.5 Å². The number of aromatic nitrogens is 2. The maximum atomic E-state index is 10.9. The Morgan fingerprint density at radius 1 is 1.32 bits per heavy atom. The number of nitrogen functional groups attached to an aromatic ring is 1. The van der Waals surface area contributed by atoms with E-state index in [9.17, 15) is 10.1 Å². The third-order valence-corrected chi connectivity index (χ3v) is 2.70. The normalized spacial score (nSPS) is 10.2. The second kappa shape index (κ2) is 5.25. The molecular formula is C10H6Cl2N4O3. The summed E-state index contributed by atoms with van der Waals surface area (Å²) < 4.78 is 5.27. The molecule has 0 unspecified atom stereocenters. The highest BCUT2D eigenvalue weighted by atomic mass is 35.5. The van der Waals surface area contributed by atoms with E-state index in [0.29, 0.717) is 0 Å². The molecule has 0 amide bonds. The minimum absolute atomic E-state index is 0.0105. The van der Waals surface area contributed by atoms with Crippen LogP contribution in [0.1, 0.15) is 0 Å². The maximum absolute atomic E-state index is 10.9. The Hall–Kier alpha value is -2.12. The molecule has 2 rings (SSSR count). The fraction of sp³-hybridized carbons (Fsp3) is 0. The molecule has 0 radical (unpaired) electrons. The molecule has 9 heteroatoms. The van der Waals surface area contributed by atoms with Crippen molar-refractivity contribution in [2.75, 3.05) is 5.73 Å². The van der Waals surface area contributed by atoms with Gasteiger partial charge in [0.05, 0.1) is 4.92 Å². The number of nitrogens with zero attached hydrogens (tertiary/aromatic N) is 3. The summed E-state index contributed by atoms with van der Waals surface area (Å²) in [7, 11) is 0. The number of nitro groups is 1. The van der Waals surface area contributed by atoms with E-state index in [-0.39, 0.29) is 33.2 Å². The third kappa shape index (κ3) is 2.83. The van der Waals surface area contributed by atoms with Gasteiger partial charge in [-0.15, -0.1) is 0 Å². The van der Waals surface area contributed by atoms with Gasteiger partial charge in [0.1, 0.15) is 17.2 Å². The zero-order valence-electron chi connectivity index (χ0n) is 9.21. The van der Waals surface area contributed by atoms with Crippen LogP contribution in [0.2, 0.25) is 10.0 Å². The molecule has 1 heterocycles. The first-order valence-corrected chi connectivity index (χ1v) is 5.62. The van der Waals surface area contributed by atoms with Crippen LogP contribution in [0.3, 0.4) is 0 Å². The van der Waals surface area contributed by atoms with Crippen molar-refractivity contribution < 1.29 is 9.66 Å². The van der Waals surface area contributed by atoms with Gasteiger partial charge >= 0.3 is 5.69 Å². The van der Waals surface area contributed by atoms with Gasteiger partial charge in [-0.05, 0) is 6.07 Å². The topological polar surface area (TPSA) is 104 Å². The predicted molar refractivity (Wildman–Crippen MR) is 69.6 cm³/mol. The average molecular weight is 301 g/mol. The molecule has 98 valence electrons. The van der Waals surface area contributed by atoms with Crippen molar-refractivity contribution >= 4 is 34.7 Å². The summed E-state index contributed by atoms with van der Waals surface area (Å²) in [5, 5.41) is 11.1. The number of nitrogens with two attached hydrogens (primary N) is 1. The summed E-state index contributed by atoms with van der Waals surface area (Å²) in [5.74, 6) is -0.159. The molecule has 7 nitrogen and oxygen atoms in total. The van der Waals surface area contributed by atoms with E-state index in [2.05, 4.69) is 9.97 Å². The SMILES string of the molecule is Nc1ncnc(Oc2cc(Cl)ccc2[N+](=O)[O-])c1Cl. The molecule has 0 saturated carbocycles. The lowest BCUT2D eigenvalue weighted by Crippen LogP contribution is -1.98. The van der Waals surface area contributed by atoms with Crippen molar-refractivity contribution in [3.05, 3.63) is 44.7 Å². The highest BCUT2D eigenvalue weighted by Gasteiger charge is 2.18. The molecule has 0 aliphatic heterocycles. The van der Waals surface area contributed by atoms with Gasteiger partial charge in [0, 0.05) is 17.2 Å². The van der Waals surface area contributed by atoms with Gasteiger partial charge in [0.25, 0.3) is 0 Å². The van der Waals surface area contributed by atoms with Gasteiger partial charge in [-0.3, -0.25) is 10.1 Å². The van der Waals surface area contributed by atoms with Gasteiger partial charge in [-0.2, -0.15) is 4.98 Å². The molecule has 2 N–H and O–H groups in total. The zero-order valence-corrected chi connectivity index (χ0v) is 10.7. The molecule has 1 aromatic carbocycles. The number of ether oxygens (including phenoxy) is 1. The molecule has 1 aromatic heterocycles. The van der Waals surface area contributed by atoms with Crippen LogP contribution < -0.4 is 10.5 Å². The Morgan fingerprint density at radius 3 is 2.74 bits per heavy atom. The van der Waals surface area contributed by atoms with Crippen LogP contribution >= 0.6 is 23.2 Å². The lowest BCUT2D eigenvalue weighted by atomic mass is 10.3.